The molecule has 2 heterocycles. The van der Waals surface area contributed by atoms with Crippen LogP contribution < -0.4 is 10.6 Å². The van der Waals surface area contributed by atoms with Crippen molar-refractivity contribution in [3.05, 3.63) is 0 Å². The summed E-state index contributed by atoms with van der Waals surface area (Å²) in [6.07, 6.45) is 1.94. The maximum atomic E-state index is 11.9. The number of carbonyl (C=O) groups excluding carboxylic acids is 2. The molecule has 2 aliphatic heterocycles. The van der Waals surface area contributed by atoms with Gasteiger partial charge in [0.15, 0.2) is 0 Å². The van der Waals surface area contributed by atoms with Crippen LogP contribution in [0.2, 0.25) is 0 Å². The number of rotatable bonds is 10. The van der Waals surface area contributed by atoms with Crippen molar-refractivity contribution in [1.82, 2.24) is 10.6 Å². The minimum absolute atomic E-state index is 0.0373. The van der Waals surface area contributed by atoms with Crippen LogP contribution in [0, 0.1) is 22.7 Å². The molecule has 8 heteroatoms. The normalized spacial score (nSPS) is 37.5. The quantitative estimate of drug-likeness (QED) is 0.502. The predicted octanol–water partition coefficient (Wildman–Crippen LogP) is 1.13. The molecule has 8 nitrogen and oxygen atoms in total. The van der Waals surface area contributed by atoms with Gasteiger partial charge in [-0.1, -0.05) is 0 Å². The Balaban J connectivity index is 0.000000171. The van der Waals surface area contributed by atoms with E-state index in [0.29, 0.717) is 51.5 Å². The van der Waals surface area contributed by atoms with E-state index in [1.165, 1.54) is 0 Å². The molecule has 0 amide bonds. The molecule has 4 rings (SSSR count). The lowest BCUT2D eigenvalue weighted by molar-refractivity contribution is -0.152. The molecule has 6 atom stereocenters. The zero-order chi connectivity index (χ0) is 21.8. The van der Waals surface area contributed by atoms with Crippen molar-refractivity contribution >= 4 is 11.9 Å². The highest BCUT2D eigenvalue weighted by Crippen LogP contribution is 2.60. The van der Waals surface area contributed by atoms with E-state index in [4.69, 9.17) is 18.9 Å². The van der Waals surface area contributed by atoms with Crippen LogP contribution in [0.15, 0.2) is 0 Å². The largest absolute Gasteiger partial charge is 0.466 e. The Hall–Kier alpha value is -1.22. The lowest BCUT2D eigenvalue weighted by Crippen LogP contribution is -2.41. The van der Waals surface area contributed by atoms with Crippen molar-refractivity contribution in [2.75, 3.05) is 52.7 Å². The molecule has 0 aromatic carbocycles. The maximum absolute atomic E-state index is 11.9. The smallest absolute Gasteiger partial charge is 0.314 e. The summed E-state index contributed by atoms with van der Waals surface area (Å²) in [6.45, 7) is 13.1. The zero-order valence-electron chi connectivity index (χ0n) is 18.8. The van der Waals surface area contributed by atoms with E-state index in [0.717, 1.165) is 25.9 Å². The van der Waals surface area contributed by atoms with E-state index < -0.39 is 0 Å². The van der Waals surface area contributed by atoms with Gasteiger partial charge in [-0.25, -0.2) is 0 Å². The Morgan fingerprint density at radius 3 is 1.43 bits per heavy atom. The number of ether oxygens (including phenoxy) is 4. The van der Waals surface area contributed by atoms with E-state index in [1.807, 2.05) is 27.7 Å². The third kappa shape index (κ3) is 4.24. The molecule has 0 radical (unpaired) electrons. The Bertz CT molecular complexity index is 564. The Kier molecular flexibility index (Phi) is 7.76. The summed E-state index contributed by atoms with van der Waals surface area (Å²) in [6, 6.07) is 0.308. The summed E-state index contributed by atoms with van der Waals surface area (Å²) in [5, 5.41) is 6.69. The fourth-order valence-corrected chi connectivity index (χ4v) is 5.20. The van der Waals surface area contributed by atoms with Gasteiger partial charge < -0.3 is 29.6 Å². The van der Waals surface area contributed by atoms with E-state index >= 15 is 0 Å². The highest BCUT2D eigenvalue weighted by Gasteiger charge is 2.69. The van der Waals surface area contributed by atoms with Crippen LogP contribution in [0.5, 0.6) is 0 Å². The number of hydrogen-bond donors (Lipinski definition) is 2. The summed E-state index contributed by atoms with van der Waals surface area (Å²) >= 11 is 0. The molecule has 2 N–H and O–H groups in total. The van der Waals surface area contributed by atoms with Crippen molar-refractivity contribution in [2.45, 2.75) is 52.6 Å². The molecular formula is C22H38N2O6. The molecule has 4 fully saturated rings. The first-order valence-corrected chi connectivity index (χ1v) is 11.5. The molecule has 2 aliphatic carbocycles. The molecule has 30 heavy (non-hydrogen) atoms. The highest BCUT2D eigenvalue weighted by atomic mass is 16.5. The lowest BCUT2D eigenvalue weighted by Gasteiger charge is -2.21. The second kappa shape index (κ2) is 9.94. The van der Waals surface area contributed by atoms with Gasteiger partial charge in [-0.05, 0) is 65.5 Å². The first-order valence-electron chi connectivity index (χ1n) is 11.5. The maximum Gasteiger partial charge on any atom is 0.314 e. The van der Waals surface area contributed by atoms with Gasteiger partial charge in [-0.15, -0.1) is 0 Å². The Morgan fingerprint density at radius 1 is 0.733 bits per heavy atom. The average molecular weight is 427 g/mol. The van der Waals surface area contributed by atoms with Crippen LogP contribution in [0.4, 0.5) is 0 Å². The standard InChI is InChI=1S/2C11H19NO3/c2*1-3-14-7-9-11(10(13)15-4-2)5-8(11)6-12-9/h2*8-9,12H,3-7H2,1-2H3/t8-,9+,11+;8-,9-,11+/m00/s1. The van der Waals surface area contributed by atoms with Gasteiger partial charge in [0.1, 0.15) is 0 Å². The number of esters is 2. The van der Waals surface area contributed by atoms with Gasteiger partial charge >= 0.3 is 11.9 Å². The highest BCUT2D eigenvalue weighted by molar-refractivity contribution is 5.83. The van der Waals surface area contributed by atoms with Crippen LogP contribution in [-0.2, 0) is 28.5 Å². The third-order valence-corrected chi connectivity index (χ3v) is 7.06. The van der Waals surface area contributed by atoms with Gasteiger partial charge in [-0.2, -0.15) is 0 Å². The van der Waals surface area contributed by atoms with Gasteiger partial charge in [0.2, 0.25) is 0 Å². The lowest BCUT2D eigenvalue weighted by atomic mass is 9.97. The minimum Gasteiger partial charge on any atom is -0.466 e. The number of nitrogens with one attached hydrogen (secondary N) is 2. The number of piperidine rings is 2. The SMILES string of the molecule is CCOC[C@@H]1NC[C@@H]2C[C@@]21C(=O)OCC.CCOC[C@H]1NC[C@@H]2C[C@@]21C(=O)OCC. The van der Waals surface area contributed by atoms with E-state index in [1.54, 1.807) is 0 Å². The monoisotopic (exact) mass is 426 g/mol. The van der Waals surface area contributed by atoms with Crippen LogP contribution in [0.3, 0.4) is 0 Å². The van der Waals surface area contributed by atoms with Crippen molar-refractivity contribution in [2.24, 2.45) is 22.7 Å². The Morgan fingerprint density at radius 2 is 1.13 bits per heavy atom. The Labute approximate surface area is 179 Å². The van der Waals surface area contributed by atoms with Crippen LogP contribution in [0.25, 0.3) is 0 Å². The molecule has 4 aliphatic rings. The van der Waals surface area contributed by atoms with Gasteiger partial charge in [0, 0.05) is 25.3 Å². The fraction of sp³-hybridized carbons (Fsp3) is 0.909. The van der Waals surface area contributed by atoms with E-state index in [-0.39, 0.29) is 34.9 Å². The molecule has 0 spiro atoms. The van der Waals surface area contributed by atoms with Gasteiger partial charge in [0.25, 0.3) is 0 Å². The number of hydrogen-bond acceptors (Lipinski definition) is 8. The minimum atomic E-state index is -0.259. The van der Waals surface area contributed by atoms with Crippen LogP contribution in [-0.4, -0.2) is 76.8 Å². The molecule has 0 aromatic heterocycles. The van der Waals surface area contributed by atoms with E-state index in [9.17, 15) is 9.59 Å². The summed E-state index contributed by atoms with van der Waals surface area (Å²) < 4.78 is 21.1. The fourth-order valence-electron chi connectivity index (χ4n) is 5.20. The molecule has 0 aromatic rings. The van der Waals surface area contributed by atoms with Crippen molar-refractivity contribution < 1.29 is 28.5 Å². The molecule has 2 saturated heterocycles. The first kappa shape index (κ1) is 23.4. The predicted molar refractivity (Wildman–Crippen MR) is 111 cm³/mol. The van der Waals surface area contributed by atoms with Gasteiger partial charge in [-0.3, -0.25) is 9.59 Å². The first-order chi connectivity index (χ1) is 14.5. The van der Waals surface area contributed by atoms with Crippen LogP contribution in [0.1, 0.15) is 40.5 Å². The molecule has 0 unspecified atom stereocenters. The number of carbonyl (C=O) groups is 2. The zero-order valence-corrected chi connectivity index (χ0v) is 18.8. The summed E-state index contributed by atoms with van der Waals surface area (Å²) in [5.74, 6) is 0.874. The van der Waals surface area contributed by atoms with Gasteiger partial charge in [0.05, 0.1) is 37.3 Å². The summed E-state index contributed by atoms with van der Waals surface area (Å²) in [7, 11) is 0. The second-order valence-electron chi connectivity index (χ2n) is 8.56. The van der Waals surface area contributed by atoms with Crippen molar-refractivity contribution in [3.8, 4) is 0 Å². The summed E-state index contributed by atoms with van der Waals surface area (Å²) in [4.78, 5) is 23.7. The summed E-state index contributed by atoms with van der Waals surface area (Å²) in [5.41, 5.74) is -0.518. The van der Waals surface area contributed by atoms with Crippen LogP contribution >= 0.6 is 0 Å². The topological polar surface area (TPSA) is 95.1 Å². The average Bonchev–Trinajstić information content (AvgIpc) is 3.60. The molecule has 2 saturated carbocycles. The van der Waals surface area contributed by atoms with Crippen molar-refractivity contribution in [3.63, 3.8) is 0 Å². The second-order valence-corrected chi connectivity index (χ2v) is 8.56. The molecular weight excluding hydrogens is 388 g/mol. The van der Waals surface area contributed by atoms with Crippen molar-refractivity contribution in [1.29, 1.82) is 0 Å². The third-order valence-electron chi connectivity index (χ3n) is 7.06. The number of fused-ring (bicyclic) bond motifs is 2. The molecule has 0 bridgehead atoms. The molecule has 172 valence electrons. The van der Waals surface area contributed by atoms with E-state index in [2.05, 4.69) is 10.6 Å².